The molecular weight excluding hydrogens is 499 g/mol. The first-order valence-corrected chi connectivity index (χ1v) is 13.9. The Morgan fingerprint density at radius 2 is 1.92 bits per heavy atom. The molecule has 0 saturated carbocycles. The van der Waals surface area contributed by atoms with Gasteiger partial charge in [-0.3, -0.25) is 0 Å². The zero-order valence-corrected chi connectivity index (χ0v) is 22.4. The molecule has 3 aromatic rings. The molecule has 1 aromatic heterocycles. The largest absolute Gasteiger partial charge is 0.497 e. The number of urea groups is 1. The lowest BCUT2D eigenvalue weighted by Crippen LogP contribution is -2.56. The summed E-state index contributed by atoms with van der Waals surface area (Å²) in [6.45, 7) is 5.00. The first-order valence-electron chi connectivity index (χ1n) is 13.9. The number of ether oxygens (including phenoxy) is 2. The number of aromatic nitrogens is 1. The number of amides is 2. The van der Waals surface area contributed by atoms with E-state index in [1.807, 2.05) is 12.1 Å². The highest BCUT2D eigenvalue weighted by atomic mass is 19.1. The molecule has 0 aliphatic carbocycles. The normalized spacial score (nSPS) is 21.7. The fourth-order valence-electron chi connectivity index (χ4n) is 6.81. The van der Waals surface area contributed by atoms with Crippen molar-refractivity contribution in [1.82, 2.24) is 14.8 Å². The molecule has 3 N–H and O–H groups in total. The van der Waals surface area contributed by atoms with Gasteiger partial charge in [-0.15, -0.1) is 0 Å². The van der Waals surface area contributed by atoms with Crippen molar-refractivity contribution < 1.29 is 23.8 Å². The number of carbonyl (C=O) groups is 1. The predicted molar refractivity (Wildman–Crippen MR) is 148 cm³/mol. The number of likely N-dealkylation sites (tertiary alicyclic amines) is 1. The first kappa shape index (κ1) is 26.1. The van der Waals surface area contributed by atoms with E-state index in [1.54, 1.807) is 24.1 Å². The van der Waals surface area contributed by atoms with Gasteiger partial charge in [0.25, 0.3) is 0 Å². The van der Waals surface area contributed by atoms with Gasteiger partial charge >= 0.3 is 6.03 Å². The molecule has 2 saturated heterocycles. The second-order valence-electron chi connectivity index (χ2n) is 11.2. The van der Waals surface area contributed by atoms with Crippen molar-refractivity contribution in [3.8, 4) is 5.75 Å². The minimum absolute atomic E-state index is 0.209. The van der Waals surface area contributed by atoms with Gasteiger partial charge in [-0.2, -0.15) is 0 Å². The SMILES string of the molecule is COc1ccc2c3c([nH]c2c1)[C@H](CO)N(C(=O)Nc1ccc(F)cc1)CC31CCN(CC2CCOCC2)CC1. The number of methoxy groups -OCH3 is 1. The molecule has 2 fully saturated rings. The standard InChI is InChI=1S/C30H37FN4O4/c1-38-23-6-7-24-25(16-23)33-28-26(18-36)35(29(37)32-22-4-2-21(31)3-5-22)19-30(27(24)28)10-12-34(13-11-30)17-20-8-14-39-15-9-20/h2-7,16,20,26,33,36H,8-15,17-19H2,1H3,(H,32,37)/t26-/m0/s1. The Bertz CT molecular complexity index is 1310. The van der Waals surface area contributed by atoms with Gasteiger partial charge in [0.05, 0.1) is 19.8 Å². The molecule has 39 heavy (non-hydrogen) atoms. The van der Waals surface area contributed by atoms with E-state index in [1.165, 1.54) is 17.7 Å². The average Bonchev–Trinajstić information content (AvgIpc) is 3.35. The number of aliphatic hydroxyl groups is 1. The monoisotopic (exact) mass is 536 g/mol. The highest BCUT2D eigenvalue weighted by Crippen LogP contribution is 2.49. The van der Waals surface area contributed by atoms with Gasteiger partial charge in [0.1, 0.15) is 11.6 Å². The minimum atomic E-state index is -0.523. The number of nitrogens with one attached hydrogen (secondary N) is 2. The summed E-state index contributed by atoms with van der Waals surface area (Å²) < 4.78 is 24.5. The van der Waals surface area contributed by atoms with Gasteiger partial charge in [-0.25, -0.2) is 9.18 Å². The number of aromatic amines is 1. The van der Waals surface area contributed by atoms with E-state index in [4.69, 9.17) is 9.47 Å². The zero-order chi connectivity index (χ0) is 27.0. The lowest BCUT2D eigenvalue weighted by atomic mass is 9.68. The summed E-state index contributed by atoms with van der Waals surface area (Å²) in [5.74, 6) is 1.07. The Labute approximate surface area is 228 Å². The molecule has 1 spiro atoms. The van der Waals surface area contributed by atoms with Gasteiger partial charge in [-0.05, 0) is 86.7 Å². The summed E-state index contributed by atoms with van der Waals surface area (Å²) in [4.78, 5) is 21.5. The number of carbonyl (C=O) groups excluding carboxylic acids is 1. The maximum Gasteiger partial charge on any atom is 0.322 e. The van der Waals surface area contributed by atoms with E-state index < -0.39 is 6.04 Å². The van der Waals surface area contributed by atoms with Gasteiger partial charge in [-0.1, -0.05) is 0 Å². The Kier molecular flexibility index (Phi) is 7.22. The van der Waals surface area contributed by atoms with Crippen LogP contribution in [0.25, 0.3) is 10.9 Å². The number of hydrogen-bond acceptors (Lipinski definition) is 5. The highest BCUT2D eigenvalue weighted by Gasteiger charge is 2.48. The summed E-state index contributed by atoms with van der Waals surface area (Å²) >= 11 is 0. The van der Waals surface area contributed by atoms with Crippen LogP contribution in [0, 0.1) is 11.7 Å². The van der Waals surface area contributed by atoms with Crippen LogP contribution in [0.2, 0.25) is 0 Å². The van der Waals surface area contributed by atoms with Crippen LogP contribution in [0.15, 0.2) is 42.5 Å². The van der Waals surface area contributed by atoms with Crippen molar-refractivity contribution in [2.75, 3.05) is 58.4 Å². The van der Waals surface area contributed by atoms with E-state index in [9.17, 15) is 14.3 Å². The van der Waals surface area contributed by atoms with E-state index in [0.717, 1.165) is 80.9 Å². The maximum atomic E-state index is 13.7. The number of nitrogens with zero attached hydrogens (tertiary/aromatic N) is 2. The number of benzene rings is 2. The molecule has 2 amide bonds. The molecular formula is C30H37FN4O4. The maximum absolute atomic E-state index is 13.7. The number of hydrogen-bond donors (Lipinski definition) is 3. The summed E-state index contributed by atoms with van der Waals surface area (Å²) in [7, 11) is 1.65. The summed E-state index contributed by atoms with van der Waals surface area (Å²) in [6.07, 6.45) is 4.07. The van der Waals surface area contributed by atoms with Gasteiger partial charge < -0.3 is 34.7 Å². The first-order chi connectivity index (χ1) is 19.0. The smallest absolute Gasteiger partial charge is 0.322 e. The van der Waals surface area contributed by atoms with E-state index >= 15 is 0 Å². The molecule has 0 radical (unpaired) electrons. The summed E-state index contributed by atoms with van der Waals surface area (Å²) in [5.41, 5.74) is 3.32. The zero-order valence-electron chi connectivity index (χ0n) is 22.4. The third-order valence-corrected chi connectivity index (χ3v) is 8.95. The quantitative estimate of drug-likeness (QED) is 0.442. The number of fused-ring (bicyclic) bond motifs is 4. The number of anilines is 1. The predicted octanol–water partition coefficient (Wildman–Crippen LogP) is 4.66. The second-order valence-corrected chi connectivity index (χ2v) is 11.2. The molecule has 4 heterocycles. The number of H-pyrrole nitrogens is 1. The third-order valence-electron chi connectivity index (χ3n) is 8.95. The molecule has 0 bridgehead atoms. The van der Waals surface area contributed by atoms with Crippen LogP contribution in [0.5, 0.6) is 5.75 Å². The summed E-state index contributed by atoms with van der Waals surface area (Å²) in [5, 5.41) is 14.6. The van der Waals surface area contributed by atoms with Crippen molar-refractivity contribution in [3.05, 3.63) is 59.5 Å². The lowest BCUT2D eigenvalue weighted by molar-refractivity contribution is 0.0365. The molecule has 3 aliphatic heterocycles. The van der Waals surface area contributed by atoms with Crippen molar-refractivity contribution >= 4 is 22.6 Å². The van der Waals surface area contributed by atoms with E-state index in [2.05, 4.69) is 21.3 Å². The van der Waals surface area contributed by atoms with Crippen LogP contribution in [-0.2, 0) is 10.2 Å². The Morgan fingerprint density at radius 1 is 1.18 bits per heavy atom. The Balaban J connectivity index is 1.33. The summed E-state index contributed by atoms with van der Waals surface area (Å²) in [6, 6.07) is 11.0. The third kappa shape index (κ3) is 4.99. The minimum Gasteiger partial charge on any atom is -0.497 e. The van der Waals surface area contributed by atoms with Crippen LogP contribution in [0.4, 0.5) is 14.9 Å². The Morgan fingerprint density at radius 3 is 2.62 bits per heavy atom. The molecule has 2 aromatic carbocycles. The lowest BCUT2D eigenvalue weighted by Gasteiger charge is -2.50. The van der Waals surface area contributed by atoms with Crippen LogP contribution >= 0.6 is 0 Å². The molecule has 9 heteroatoms. The fraction of sp³-hybridized carbons (Fsp3) is 0.500. The van der Waals surface area contributed by atoms with Crippen molar-refractivity contribution in [1.29, 1.82) is 0 Å². The second kappa shape index (κ2) is 10.8. The highest BCUT2D eigenvalue weighted by molar-refractivity contribution is 5.92. The molecule has 6 rings (SSSR count). The van der Waals surface area contributed by atoms with Crippen LogP contribution in [-0.4, -0.2) is 79.0 Å². The molecule has 8 nitrogen and oxygen atoms in total. The fourth-order valence-corrected chi connectivity index (χ4v) is 6.81. The number of aliphatic hydroxyl groups excluding tert-OH is 1. The van der Waals surface area contributed by atoms with Crippen molar-refractivity contribution in [2.45, 2.75) is 37.1 Å². The van der Waals surface area contributed by atoms with Gasteiger partial charge in [0, 0.05) is 60.1 Å². The van der Waals surface area contributed by atoms with E-state index in [-0.39, 0.29) is 23.9 Å². The van der Waals surface area contributed by atoms with Crippen molar-refractivity contribution in [3.63, 3.8) is 0 Å². The van der Waals surface area contributed by atoms with Crippen LogP contribution < -0.4 is 10.1 Å². The molecule has 0 unspecified atom stereocenters. The van der Waals surface area contributed by atoms with Crippen molar-refractivity contribution in [2.24, 2.45) is 5.92 Å². The van der Waals surface area contributed by atoms with Gasteiger partial charge in [0.2, 0.25) is 0 Å². The molecule has 1 atom stereocenters. The number of rotatable bonds is 5. The molecule has 208 valence electrons. The van der Waals surface area contributed by atoms with Crippen LogP contribution in [0.1, 0.15) is 43.0 Å². The Hall–Kier alpha value is -3.14. The van der Waals surface area contributed by atoms with Crippen LogP contribution in [0.3, 0.4) is 0 Å². The molecule has 3 aliphatic rings. The number of piperidine rings is 1. The van der Waals surface area contributed by atoms with Gasteiger partial charge in [0.15, 0.2) is 0 Å². The average molecular weight is 537 g/mol. The number of halogens is 1. The van der Waals surface area contributed by atoms with E-state index in [0.29, 0.717) is 18.2 Å². The topological polar surface area (TPSA) is 90.1 Å².